The maximum atomic E-state index is 11.6. The molecule has 0 amide bonds. The summed E-state index contributed by atoms with van der Waals surface area (Å²) in [6.07, 6.45) is 1.27. The van der Waals surface area contributed by atoms with Gasteiger partial charge in [0.1, 0.15) is 5.78 Å². The molecule has 0 unspecified atom stereocenters. The summed E-state index contributed by atoms with van der Waals surface area (Å²) in [6, 6.07) is 0. The third kappa shape index (κ3) is 5.35. The number of carbonyl (C=O) groups excluding carboxylic acids is 1. The summed E-state index contributed by atoms with van der Waals surface area (Å²) in [5, 5.41) is 0. The van der Waals surface area contributed by atoms with Crippen molar-refractivity contribution in [3.05, 3.63) is 0 Å². The molecule has 0 atom stereocenters. The molecule has 0 aromatic heterocycles. The molecule has 0 aromatic rings. The lowest BCUT2D eigenvalue weighted by Crippen LogP contribution is -2.30. The molecule has 0 heterocycles. The maximum Gasteiger partial charge on any atom is 0.138 e. The van der Waals surface area contributed by atoms with Gasteiger partial charge in [0.05, 0.1) is 12.3 Å². The summed E-state index contributed by atoms with van der Waals surface area (Å²) < 4.78 is 5.32. The fourth-order valence-corrected chi connectivity index (χ4v) is 1.09. The highest BCUT2D eigenvalue weighted by atomic mass is 16.5. The fourth-order valence-electron chi connectivity index (χ4n) is 1.09. The van der Waals surface area contributed by atoms with Gasteiger partial charge in [0.25, 0.3) is 0 Å². The zero-order valence-electron chi connectivity index (χ0n) is 10.0. The molecule has 3 nitrogen and oxygen atoms in total. The monoisotopic (exact) mass is 201 g/mol. The highest BCUT2D eigenvalue weighted by molar-refractivity contribution is 5.83. The average molecular weight is 201 g/mol. The second-order valence-electron chi connectivity index (χ2n) is 5.24. The molecule has 0 bridgehead atoms. The average Bonchev–Trinajstić information content (AvgIpc) is 1.98. The molecule has 84 valence electrons. The van der Waals surface area contributed by atoms with E-state index in [1.54, 1.807) is 0 Å². The van der Waals surface area contributed by atoms with E-state index in [1.165, 1.54) is 0 Å². The molecule has 0 fully saturated rings. The molecular formula is C11H23NO2. The Morgan fingerprint density at radius 2 is 1.71 bits per heavy atom. The van der Waals surface area contributed by atoms with Gasteiger partial charge in [-0.25, -0.2) is 0 Å². The van der Waals surface area contributed by atoms with Crippen molar-refractivity contribution in [3.63, 3.8) is 0 Å². The molecule has 0 aliphatic heterocycles. The second-order valence-corrected chi connectivity index (χ2v) is 5.24. The summed E-state index contributed by atoms with van der Waals surface area (Å²) in [6.45, 7) is 9.92. The van der Waals surface area contributed by atoms with Gasteiger partial charge < -0.3 is 10.5 Å². The first kappa shape index (κ1) is 13.6. The molecule has 14 heavy (non-hydrogen) atoms. The van der Waals surface area contributed by atoms with Gasteiger partial charge in [0.2, 0.25) is 0 Å². The first-order valence-electron chi connectivity index (χ1n) is 5.06. The normalized spacial score (nSPS) is 13.0. The first-order valence-corrected chi connectivity index (χ1v) is 5.06. The number of rotatable bonds is 5. The zero-order valence-corrected chi connectivity index (χ0v) is 10.0. The summed E-state index contributed by atoms with van der Waals surface area (Å²) in [7, 11) is 0. The first-order chi connectivity index (χ1) is 6.19. The van der Waals surface area contributed by atoms with E-state index in [0.717, 1.165) is 6.42 Å². The van der Waals surface area contributed by atoms with Gasteiger partial charge >= 0.3 is 0 Å². The van der Waals surface area contributed by atoms with E-state index in [2.05, 4.69) is 0 Å². The number of hydrogen-bond donors (Lipinski definition) is 1. The Bertz CT molecular complexity index is 192. The van der Waals surface area contributed by atoms with Crippen LogP contribution in [0.25, 0.3) is 0 Å². The smallest absolute Gasteiger partial charge is 0.138 e. The molecule has 0 aliphatic carbocycles. The van der Waals surface area contributed by atoms with Crippen molar-refractivity contribution in [3.8, 4) is 0 Å². The lowest BCUT2D eigenvalue weighted by Gasteiger charge is -2.25. The van der Waals surface area contributed by atoms with E-state index < -0.39 is 0 Å². The number of ketones is 1. The predicted molar refractivity (Wildman–Crippen MR) is 57.9 cm³/mol. The third-order valence-corrected chi connectivity index (χ3v) is 2.26. The molecule has 0 saturated heterocycles. The third-order valence-electron chi connectivity index (χ3n) is 2.26. The van der Waals surface area contributed by atoms with Crippen molar-refractivity contribution < 1.29 is 9.53 Å². The Labute approximate surface area is 87.0 Å². The van der Waals surface area contributed by atoms with E-state index in [1.807, 2.05) is 34.6 Å². The van der Waals surface area contributed by atoms with Crippen molar-refractivity contribution in [1.82, 2.24) is 0 Å². The molecule has 0 radical (unpaired) electrons. The van der Waals surface area contributed by atoms with Crippen LogP contribution in [0, 0.1) is 5.41 Å². The number of hydrogen-bond acceptors (Lipinski definition) is 3. The molecule has 2 N–H and O–H groups in total. The van der Waals surface area contributed by atoms with Crippen LogP contribution in [0.15, 0.2) is 0 Å². The quantitative estimate of drug-likeness (QED) is 0.693. The van der Waals surface area contributed by atoms with Crippen LogP contribution in [-0.2, 0) is 9.53 Å². The van der Waals surface area contributed by atoms with Crippen LogP contribution in [0.2, 0.25) is 0 Å². The maximum absolute atomic E-state index is 11.6. The topological polar surface area (TPSA) is 52.3 Å². The molecule has 0 spiro atoms. The van der Waals surface area contributed by atoms with Crippen LogP contribution in [-0.4, -0.2) is 18.1 Å². The molecule has 0 rings (SSSR count). The van der Waals surface area contributed by atoms with Crippen LogP contribution in [0.1, 0.15) is 47.5 Å². The van der Waals surface area contributed by atoms with Crippen LogP contribution in [0.5, 0.6) is 0 Å². The van der Waals surface area contributed by atoms with Crippen LogP contribution in [0.3, 0.4) is 0 Å². The van der Waals surface area contributed by atoms with Crippen molar-refractivity contribution in [2.24, 2.45) is 11.1 Å². The molecule has 0 aliphatic rings. The summed E-state index contributed by atoms with van der Waals surface area (Å²) in [4.78, 5) is 11.6. The van der Waals surface area contributed by atoms with Gasteiger partial charge in [-0.3, -0.25) is 4.79 Å². The lowest BCUT2D eigenvalue weighted by molar-refractivity contribution is -0.128. The lowest BCUT2D eigenvalue weighted by atomic mass is 9.86. The number of nitrogens with two attached hydrogens (primary N) is 1. The van der Waals surface area contributed by atoms with E-state index in [-0.39, 0.29) is 23.5 Å². The zero-order chi connectivity index (χ0) is 11.4. The van der Waals surface area contributed by atoms with Gasteiger partial charge in [-0.2, -0.15) is 0 Å². The number of carbonyl (C=O) groups is 1. The number of ether oxygens (including phenoxy) is 1. The van der Waals surface area contributed by atoms with Gasteiger partial charge in [0, 0.05) is 11.8 Å². The molecule has 0 aromatic carbocycles. The molecule has 0 saturated carbocycles. The van der Waals surface area contributed by atoms with Crippen molar-refractivity contribution in [2.75, 3.05) is 6.73 Å². The molecular weight excluding hydrogens is 178 g/mol. The van der Waals surface area contributed by atoms with Crippen molar-refractivity contribution >= 4 is 5.78 Å². The standard InChI is InChI=1S/C11H23NO2/c1-10(2,3)9(13)6-7-11(4,5)14-8-12/h6-8,12H2,1-5H3. The van der Waals surface area contributed by atoms with Crippen LogP contribution >= 0.6 is 0 Å². The summed E-state index contributed by atoms with van der Waals surface area (Å²) >= 11 is 0. The Kier molecular flexibility index (Phi) is 4.75. The Morgan fingerprint density at radius 3 is 2.07 bits per heavy atom. The van der Waals surface area contributed by atoms with E-state index in [4.69, 9.17) is 10.5 Å². The summed E-state index contributed by atoms with van der Waals surface area (Å²) in [5.74, 6) is 0.270. The van der Waals surface area contributed by atoms with Crippen molar-refractivity contribution in [1.29, 1.82) is 0 Å². The SMILES string of the molecule is CC(C)(CCC(=O)C(C)(C)C)OCN. The fraction of sp³-hybridized carbons (Fsp3) is 0.909. The van der Waals surface area contributed by atoms with Gasteiger partial charge in [-0.1, -0.05) is 20.8 Å². The minimum Gasteiger partial charge on any atom is -0.361 e. The largest absolute Gasteiger partial charge is 0.361 e. The van der Waals surface area contributed by atoms with Crippen molar-refractivity contribution in [2.45, 2.75) is 53.1 Å². The van der Waals surface area contributed by atoms with Gasteiger partial charge in [-0.15, -0.1) is 0 Å². The minimum absolute atomic E-state index is 0.205. The highest BCUT2D eigenvalue weighted by Crippen LogP contribution is 2.22. The van der Waals surface area contributed by atoms with Gasteiger partial charge in [-0.05, 0) is 20.3 Å². The predicted octanol–water partition coefficient (Wildman–Crippen LogP) is 2.09. The summed E-state index contributed by atoms with van der Waals surface area (Å²) in [5.41, 5.74) is 4.75. The Balaban J connectivity index is 4.00. The highest BCUT2D eigenvalue weighted by Gasteiger charge is 2.25. The van der Waals surface area contributed by atoms with Crippen LogP contribution < -0.4 is 5.73 Å². The van der Waals surface area contributed by atoms with E-state index in [0.29, 0.717) is 6.42 Å². The Hall–Kier alpha value is -0.410. The van der Waals surface area contributed by atoms with Crippen LogP contribution in [0.4, 0.5) is 0 Å². The van der Waals surface area contributed by atoms with Gasteiger partial charge in [0.15, 0.2) is 0 Å². The number of Topliss-reactive ketones (excluding diaryl/α,β-unsaturated/α-hetero) is 1. The van der Waals surface area contributed by atoms with E-state index in [9.17, 15) is 4.79 Å². The second kappa shape index (κ2) is 4.89. The minimum atomic E-state index is -0.296. The Morgan fingerprint density at radius 1 is 1.21 bits per heavy atom. The van der Waals surface area contributed by atoms with E-state index >= 15 is 0 Å². The molecule has 3 heteroatoms.